The van der Waals surface area contributed by atoms with E-state index in [4.69, 9.17) is 4.74 Å². The lowest BCUT2D eigenvalue weighted by atomic mass is 10.4. The number of carbonyl (C=O) groups is 4. The maximum absolute atomic E-state index is 10.3. The smallest absolute Gasteiger partial charge is 0.407 e. The van der Waals surface area contributed by atoms with Gasteiger partial charge in [-0.2, -0.15) is 0 Å². The van der Waals surface area contributed by atoms with E-state index < -0.39 is 0 Å². The van der Waals surface area contributed by atoms with Gasteiger partial charge in [-0.25, -0.2) is 4.79 Å². The minimum Gasteiger partial charge on any atom is -0.453 e. The summed E-state index contributed by atoms with van der Waals surface area (Å²) in [5.41, 5.74) is 0. The molecule has 3 amide bonds. The van der Waals surface area contributed by atoms with E-state index in [-0.39, 0.29) is 54.5 Å². The van der Waals surface area contributed by atoms with Gasteiger partial charge in [-0.05, 0) is 62.3 Å². The molecule has 9 nitrogen and oxygen atoms in total. The number of alkyl carbamates (subject to hydrolysis) is 1. The molecular weight excluding hydrogens is 390 g/mol. The molecule has 0 saturated heterocycles. The van der Waals surface area contributed by atoms with Gasteiger partial charge in [0.25, 0.3) is 0 Å². The van der Waals surface area contributed by atoms with Crippen molar-refractivity contribution in [1.82, 2.24) is 16.0 Å². The molecule has 0 saturated carbocycles. The average Bonchev–Trinajstić information content (AvgIpc) is 2.51. The van der Waals surface area contributed by atoms with E-state index in [1.165, 1.54) is 27.9 Å². The maximum atomic E-state index is 10.3. The first-order valence-electron chi connectivity index (χ1n) is 10.0. The van der Waals surface area contributed by atoms with Crippen molar-refractivity contribution in [1.29, 1.82) is 0 Å². The van der Waals surface area contributed by atoms with Crippen molar-refractivity contribution < 1.29 is 28.7 Å². The molecule has 3 N–H and O–H groups in total. The summed E-state index contributed by atoms with van der Waals surface area (Å²) >= 11 is 0. The van der Waals surface area contributed by atoms with Crippen LogP contribution in [0.3, 0.4) is 0 Å². The third-order valence-electron chi connectivity index (χ3n) is 2.20. The first-order valence-corrected chi connectivity index (χ1v) is 10.0. The summed E-state index contributed by atoms with van der Waals surface area (Å²) in [5, 5.41) is 7.86. The number of nitrogens with one attached hydrogen (secondary N) is 3. The van der Waals surface area contributed by atoms with Crippen LogP contribution in [-0.4, -0.2) is 61.6 Å². The number of methoxy groups -OCH3 is 1. The zero-order valence-corrected chi connectivity index (χ0v) is 21.0. The van der Waals surface area contributed by atoms with Crippen molar-refractivity contribution in [3.05, 3.63) is 0 Å². The second-order valence-electron chi connectivity index (χ2n) is 7.56. The quantitative estimate of drug-likeness (QED) is 0.589. The highest BCUT2D eigenvalue weighted by molar-refractivity contribution is 5.76. The van der Waals surface area contributed by atoms with Crippen LogP contribution in [0, 0.1) is 0 Å². The fraction of sp³-hybridized carbons (Fsp3) is 0.810. The van der Waals surface area contributed by atoms with Gasteiger partial charge in [-0.15, -0.1) is 0 Å². The highest BCUT2D eigenvalue weighted by atomic mass is 16.5. The fourth-order valence-corrected chi connectivity index (χ4v) is 1.39. The van der Waals surface area contributed by atoms with Crippen molar-refractivity contribution >= 4 is 23.7 Å². The van der Waals surface area contributed by atoms with E-state index in [0.29, 0.717) is 0 Å². The second kappa shape index (κ2) is 23.1. The monoisotopic (exact) mass is 435 g/mol. The summed E-state index contributed by atoms with van der Waals surface area (Å²) in [5.74, 6) is 0.156. The number of amides is 3. The van der Waals surface area contributed by atoms with Crippen LogP contribution in [0.5, 0.6) is 0 Å². The molecule has 0 spiro atoms. The van der Waals surface area contributed by atoms with E-state index in [1.807, 2.05) is 55.4 Å². The molecule has 0 aliphatic rings. The van der Waals surface area contributed by atoms with E-state index in [2.05, 4.69) is 20.7 Å². The van der Waals surface area contributed by atoms with Gasteiger partial charge in [0, 0.05) is 32.0 Å². The standard InChI is InChI=1S/C6H12O2.C5H11NO2.2C5H11NO/c1-5(2)8-4-6(3)7;1-4(2)6-5(7)8-3;2*1-4(2)6-5(3)7/h5H,4H2,1-3H3;4H,1-3H3,(H,6,7);2*4H,1-3H3,(H,6,7). The lowest BCUT2D eigenvalue weighted by molar-refractivity contribution is -0.123. The van der Waals surface area contributed by atoms with Gasteiger partial charge >= 0.3 is 6.09 Å². The highest BCUT2D eigenvalue weighted by Crippen LogP contribution is 1.85. The number of hydrogen-bond donors (Lipinski definition) is 3. The second-order valence-corrected chi connectivity index (χ2v) is 7.56. The summed E-state index contributed by atoms with van der Waals surface area (Å²) in [6.45, 7) is 20.1. The molecule has 0 heterocycles. The van der Waals surface area contributed by atoms with Crippen LogP contribution in [-0.2, 0) is 23.9 Å². The largest absolute Gasteiger partial charge is 0.453 e. The topological polar surface area (TPSA) is 123 Å². The van der Waals surface area contributed by atoms with Crippen molar-refractivity contribution in [2.24, 2.45) is 0 Å². The normalized spacial score (nSPS) is 9.33. The van der Waals surface area contributed by atoms with Crippen LogP contribution in [0.4, 0.5) is 4.79 Å². The highest BCUT2D eigenvalue weighted by Gasteiger charge is 1.98. The molecule has 0 aliphatic heterocycles. The van der Waals surface area contributed by atoms with E-state index in [1.54, 1.807) is 0 Å². The molecule has 0 unspecified atom stereocenters. The van der Waals surface area contributed by atoms with Crippen LogP contribution in [0.2, 0.25) is 0 Å². The van der Waals surface area contributed by atoms with Crippen molar-refractivity contribution in [3.8, 4) is 0 Å². The van der Waals surface area contributed by atoms with Gasteiger partial charge in [0.15, 0.2) is 5.78 Å². The Morgan fingerprint density at radius 3 is 1.07 bits per heavy atom. The van der Waals surface area contributed by atoms with E-state index in [0.717, 1.165) is 0 Å². The summed E-state index contributed by atoms with van der Waals surface area (Å²) in [6, 6.07) is 0.706. The first kappa shape index (κ1) is 35.3. The molecule has 0 aliphatic carbocycles. The first-order chi connectivity index (χ1) is 13.5. The Morgan fingerprint density at radius 2 is 1.00 bits per heavy atom. The van der Waals surface area contributed by atoms with Crippen molar-refractivity contribution in [3.63, 3.8) is 0 Å². The van der Waals surface area contributed by atoms with Gasteiger partial charge in [-0.1, -0.05) is 0 Å². The lowest BCUT2D eigenvalue weighted by Crippen LogP contribution is -2.29. The molecule has 30 heavy (non-hydrogen) atoms. The minimum absolute atomic E-state index is 0.0370. The van der Waals surface area contributed by atoms with Crippen molar-refractivity contribution in [2.75, 3.05) is 13.7 Å². The summed E-state index contributed by atoms with van der Waals surface area (Å²) in [7, 11) is 1.34. The van der Waals surface area contributed by atoms with Crippen LogP contribution in [0.25, 0.3) is 0 Å². The number of carbonyl (C=O) groups excluding carboxylic acids is 4. The SMILES string of the molecule is CC(=O)COC(C)C.CC(=O)NC(C)C.CC(=O)NC(C)C.COC(=O)NC(C)C. The number of Topliss-reactive ketones (excluding diaryl/α,β-unsaturated/α-hetero) is 1. The predicted molar refractivity (Wildman–Crippen MR) is 120 cm³/mol. The Bertz CT molecular complexity index is 444. The number of hydrogen-bond acceptors (Lipinski definition) is 6. The lowest BCUT2D eigenvalue weighted by Gasteiger charge is -2.04. The molecule has 0 rings (SSSR count). The molecule has 0 atom stereocenters. The van der Waals surface area contributed by atoms with Crippen LogP contribution in [0.15, 0.2) is 0 Å². The minimum atomic E-state index is -0.375. The van der Waals surface area contributed by atoms with Crippen LogP contribution >= 0.6 is 0 Å². The number of ether oxygens (including phenoxy) is 2. The molecule has 0 aromatic heterocycles. The van der Waals surface area contributed by atoms with Crippen LogP contribution in [0.1, 0.15) is 76.2 Å². The molecule has 0 radical (unpaired) electrons. The zero-order chi connectivity index (χ0) is 24.9. The molecule has 0 aromatic carbocycles. The molecule has 180 valence electrons. The Balaban J connectivity index is -0.000000151. The fourth-order valence-electron chi connectivity index (χ4n) is 1.39. The molecule has 9 heteroatoms. The molecule has 0 aromatic rings. The molecular formula is C21H45N3O6. The van der Waals surface area contributed by atoms with Gasteiger partial charge in [0.05, 0.1) is 13.2 Å². The van der Waals surface area contributed by atoms with E-state index >= 15 is 0 Å². The Morgan fingerprint density at radius 1 is 0.667 bits per heavy atom. The zero-order valence-electron chi connectivity index (χ0n) is 21.0. The molecule has 0 bridgehead atoms. The molecule has 0 fully saturated rings. The Hall–Kier alpha value is -2.16. The third kappa shape index (κ3) is 56.2. The third-order valence-corrected chi connectivity index (χ3v) is 2.20. The van der Waals surface area contributed by atoms with Gasteiger partial charge in [0.1, 0.15) is 6.61 Å². The summed E-state index contributed by atoms with van der Waals surface area (Å²) < 4.78 is 9.26. The van der Waals surface area contributed by atoms with Crippen molar-refractivity contribution in [2.45, 2.75) is 100 Å². The summed E-state index contributed by atoms with van der Waals surface area (Å²) in [6.07, 6.45) is -0.209. The van der Waals surface area contributed by atoms with Gasteiger partial charge in [0.2, 0.25) is 11.8 Å². The Labute approximate surface area is 183 Å². The maximum Gasteiger partial charge on any atom is 0.407 e. The van der Waals surface area contributed by atoms with Gasteiger partial charge in [-0.3, -0.25) is 14.4 Å². The van der Waals surface area contributed by atoms with Gasteiger partial charge < -0.3 is 25.4 Å². The summed E-state index contributed by atoms with van der Waals surface area (Å²) in [4.78, 5) is 40.8. The van der Waals surface area contributed by atoms with E-state index in [9.17, 15) is 19.2 Å². The number of rotatable bonds is 6. The Kier molecular flexibility index (Phi) is 27.2. The average molecular weight is 436 g/mol. The predicted octanol–water partition coefficient (Wildman–Crippen LogP) is 2.81. The number of ketones is 1. The van der Waals surface area contributed by atoms with Crippen LogP contribution < -0.4 is 16.0 Å².